The molecule has 0 N–H and O–H groups in total. The van der Waals surface area contributed by atoms with E-state index < -0.39 is 0 Å². The van der Waals surface area contributed by atoms with E-state index in [1.54, 1.807) is 0 Å². The van der Waals surface area contributed by atoms with Gasteiger partial charge in [-0.2, -0.15) is 0 Å². The summed E-state index contributed by atoms with van der Waals surface area (Å²) in [7, 11) is 2.21. The average molecular weight is 290 g/mol. The van der Waals surface area contributed by atoms with Gasteiger partial charge in [-0.1, -0.05) is 12.1 Å². The number of nitrogens with zero attached hydrogens (tertiary/aromatic N) is 2. The first-order valence-electron chi connectivity index (χ1n) is 8.24. The van der Waals surface area contributed by atoms with Crippen molar-refractivity contribution >= 4 is 0 Å². The van der Waals surface area contributed by atoms with E-state index in [1.165, 1.54) is 62.3 Å². The van der Waals surface area contributed by atoms with E-state index in [1.807, 2.05) is 6.92 Å². The molecule has 2 rings (SSSR count). The van der Waals surface area contributed by atoms with Crippen molar-refractivity contribution in [2.75, 3.05) is 46.4 Å². The predicted octanol–water partition coefficient (Wildman–Crippen LogP) is 2.88. The highest BCUT2D eigenvalue weighted by molar-refractivity contribution is 5.43. The Bertz CT molecular complexity index is 428. The Morgan fingerprint density at radius 1 is 1.05 bits per heavy atom. The Labute approximate surface area is 129 Å². The zero-order valence-corrected chi connectivity index (χ0v) is 14.1. The average Bonchev–Trinajstić information content (AvgIpc) is 2.45. The van der Waals surface area contributed by atoms with Gasteiger partial charge in [0.1, 0.15) is 5.75 Å². The van der Waals surface area contributed by atoms with Crippen molar-refractivity contribution in [1.82, 2.24) is 9.80 Å². The zero-order chi connectivity index (χ0) is 15.2. The van der Waals surface area contributed by atoms with Crippen LogP contribution in [0.15, 0.2) is 12.1 Å². The molecular formula is C18H30N2O. The molecule has 1 saturated heterocycles. The molecule has 118 valence electrons. The van der Waals surface area contributed by atoms with Gasteiger partial charge >= 0.3 is 0 Å². The summed E-state index contributed by atoms with van der Waals surface area (Å²) < 4.78 is 5.72. The molecule has 1 heterocycles. The zero-order valence-electron chi connectivity index (χ0n) is 14.1. The van der Waals surface area contributed by atoms with Gasteiger partial charge in [-0.05, 0) is 63.9 Å². The first-order chi connectivity index (χ1) is 10.1. The van der Waals surface area contributed by atoms with Crippen LogP contribution in [0.25, 0.3) is 0 Å². The third-order valence-corrected chi connectivity index (χ3v) is 4.34. The SMILES string of the molecule is CCOc1c(C)cc(CCCN2CCN(C)CC2)cc1C. The highest BCUT2D eigenvalue weighted by Gasteiger charge is 2.13. The van der Waals surface area contributed by atoms with Crippen molar-refractivity contribution in [3.8, 4) is 5.75 Å². The summed E-state index contributed by atoms with van der Waals surface area (Å²) >= 11 is 0. The summed E-state index contributed by atoms with van der Waals surface area (Å²) in [6, 6.07) is 4.59. The third-order valence-electron chi connectivity index (χ3n) is 4.34. The summed E-state index contributed by atoms with van der Waals surface area (Å²) in [4.78, 5) is 5.00. The summed E-state index contributed by atoms with van der Waals surface area (Å²) in [6.45, 7) is 13.2. The van der Waals surface area contributed by atoms with E-state index in [9.17, 15) is 0 Å². The van der Waals surface area contributed by atoms with E-state index in [0.29, 0.717) is 0 Å². The first-order valence-corrected chi connectivity index (χ1v) is 8.24. The Morgan fingerprint density at radius 2 is 1.67 bits per heavy atom. The van der Waals surface area contributed by atoms with Gasteiger partial charge in [0, 0.05) is 26.2 Å². The standard InChI is InChI=1S/C18H30N2O/c1-5-21-18-15(2)13-17(14-16(18)3)7-6-8-20-11-9-19(4)10-12-20/h13-14H,5-12H2,1-4H3. The van der Waals surface area contributed by atoms with Crippen LogP contribution in [0.5, 0.6) is 5.75 Å². The number of benzene rings is 1. The van der Waals surface area contributed by atoms with Crippen molar-refractivity contribution in [3.63, 3.8) is 0 Å². The molecule has 1 aliphatic heterocycles. The number of rotatable bonds is 6. The second kappa shape index (κ2) is 7.81. The molecule has 21 heavy (non-hydrogen) atoms. The molecule has 0 saturated carbocycles. The summed E-state index contributed by atoms with van der Waals surface area (Å²) in [5.74, 6) is 1.07. The van der Waals surface area contributed by atoms with E-state index in [2.05, 4.69) is 42.8 Å². The smallest absolute Gasteiger partial charge is 0.125 e. The highest BCUT2D eigenvalue weighted by Crippen LogP contribution is 2.25. The molecule has 0 unspecified atom stereocenters. The second-order valence-corrected chi connectivity index (χ2v) is 6.24. The van der Waals surface area contributed by atoms with Gasteiger partial charge in [-0.25, -0.2) is 0 Å². The summed E-state index contributed by atoms with van der Waals surface area (Å²) in [5, 5.41) is 0. The molecule has 0 aromatic heterocycles. The van der Waals surface area contributed by atoms with Gasteiger partial charge in [0.2, 0.25) is 0 Å². The molecule has 3 heteroatoms. The van der Waals surface area contributed by atoms with E-state index in [-0.39, 0.29) is 0 Å². The lowest BCUT2D eigenvalue weighted by Gasteiger charge is -2.32. The molecule has 1 aromatic carbocycles. The van der Waals surface area contributed by atoms with Crippen LogP contribution in [-0.4, -0.2) is 56.2 Å². The minimum atomic E-state index is 0.741. The van der Waals surface area contributed by atoms with Crippen molar-refractivity contribution in [2.45, 2.75) is 33.6 Å². The molecule has 1 aliphatic rings. The second-order valence-electron chi connectivity index (χ2n) is 6.24. The Kier molecular flexibility index (Phi) is 6.07. The van der Waals surface area contributed by atoms with E-state index >= 15 is 0 Å². The van der Waals surface area contributed by atoms with Crippen LogP contribution in [0, 0.1) is 13.8 Å². The lowest BCUT2D eigenvalue weighted by molar-refractivity contribution is 0.153. The first kappa shape index (κ1) is 16.3. The fraction of sp³-hybridized carbons (Fsp3) is 0.667. The minimum Gasteiger partial charge on any atom is -0.493 e. The van der Waals surface area contributed by atoms with Gasteiger partial charge in [0.05, 0.1) is 6.61 Å². The van der Waals surface area contributed by atoms with Crippen LogP contribution < -0.4 is 4.74 Å². The lowest BCUT2D eigenvalue weighted by atomic mass is 10.0. The van der Waals surface area contributed by atoms with Crippen molar-refractivity contribution in [3.05, 3.63) is 28.8 Å². The van der Waals surface area contributed by atoms with Gasteiger partial charge in [0.15, 0.2) is 0 Å². The Morgan fingerprint density at radius 3 is 2.24 bits per heavy atom. The molecule has 1 aromatic rings. The molecular weight excluding hydrogens is 260 g/mol. The van der Waals surface area contributed by atoms with Crippen molar-refractivity contribution in [1.29, 1.82) is 0 Å². The van der Waals surface area contributed by atoms with Crippen molar-refractivity contribution in [2.24, 2.45) is 0 Å². The van der Waals surface area contributed by atoms with Crippen LogP contribution in [-0.2, 0) is 6.42 Å². The van der Waals surface area contributed by atoms with Crippen LogP contribution in [0.2, 0.25) is 0 Å². The quantitative estimate of drug-likeness (QED) is 0.801. The van der Waals surface area contributed by atoms with Gasteiger partial charge < -0.3 is 14.5 Å². The monoisotopic (exact) mass is 290 g/mol. The number of piperazine rings is 1. The molecule has 0 spiro atoms. The Balaban J connectivity index is 1.83. The maximum absolute atomic E-state index is 5.72. The fourth-order valence-corrected chi connectivity index (χ4v) is 3.13. The van der Waals surface area contributed by atoms with Gasteiger partial charge in [-0.15, -0.1) is 0 Å². The fourth-order valence-electron chi connectivity index (χ4n) is 3.13. The van der Waals surface area contributed by atoms with E-state index in [0.717, 1.165) is 12.4 Å². The summed E-state index contributed by atoms with van der Waals surface area (Å²) in [6.07, 6.45) is 2.41. The maximum atomic E-state index is 5.72. The predicted molar refractivity (Wildman–Crippen MR) is 89.3 cm³/mol. The Hall–Kier alpha value is -1.06. The highest BCUT2D eigenvalue weighted by atomic mass is 16.5. The molecule has 0 bridgehead atoms. The lowest BCUT2D eigenvalue weighted by Crippen LogP contribution is -2.44. The molecule has 0 atom stereocenters. The van der Waals surface area contributed by atoms with E-state index in [4.69, 9.17) is 4.74 Å². The van der Waals surface area contributed by atoms with Crippen molar-refractivity contribution < 1.29 is 4.74 Å². The maximum Gasteiger partial charge on any atom is 0.125 e. The van der Waals surface area contributed by atoms with Gasteiger partial charge in [0.25, 0.3) is 0 Å². The topological polar surface area (TPSA) is 15.7 Å². The summed E-state index contributed by atoms with van der Waals surface area (Å²) in [5.41, 5.74) is 3.99. The number of hydrogen-bond acceptors (Lipinski definition) is 3. The van der Waals surface area contributed by atoms with Crippen LogP contribution in [0.4, 0.5) is 0 Å². The molecule has 0 amide bonds. The number of hydrogen-bond donors (Lipinski definition) is 0. The molecule has 0 aliphatic carbocycles. The van der Waals surface area contributed by atoms with Crippen LogP contribution >= 0.6 is 0 Å². The normalized spacial score (nSPS) is 17.1. The number of ether oxygens (including phenoxy) is 1. The molecule has 1 fully saturated rings. The number of aryl methyl sites for hydroxylation is 3. The number of likely N-dealkylation sites (N-methyl/N-ethyl adjacent to an activating group) is 1. The van der Waals surface area contributed by atoms with Crippen LogP contribution in [0.3, 0.4) is 0 Å². The molecule has 0 radical (unpaired) electrons. The van der Waals surface area contributed by atoms with Crippen LogP contribution in [0.1, 0.15) is 30.0 Å². The third kappa shape index (κ3) is 4.72. The van der Waals surface area contributed by atoms with Gasteiger partial charge in [-0.3, -0.25) is 0 Å². The largest absolute Gasteiger partial charge is 0.493 e. The molecule has 3 nitrogen and oxygen atoms in total. The minimum absolute atomic E-state index is 0.741.